The van der Waals surface area contributed by atoms with Crippen molar-refractivity contribution in [3.05, 3.63) is 0 Å². The minimum Gasteiger partial charge on any atom is -0.481 e. The number of hydrogen-bond acceptors (Lipinski definition) is 2. The van der Waals surface area contributed by atoms with Gasteiger partial charge >= 0.3 is 5.97 Å². The van der Waals surface area contributed by atoms with Crippen molar-refractivity contribution >= 4 is 11.8 Å². The van der Waals surface area contributed by atoms with Gasteiger partial charge in [0.1, 0.15) is 5.78 Å². The van der Waals surface area contributed by atoms with Crippen molar-refractivity contribution < 1.29 is 14.7 Å². The first kappa shape index (κ1) is 5.75. The molecule has 0 unspecified atom stereocenters. The fraction of sp³-hybridized carbons (Fsp3) is 0.750. The van der Waals surface area contributed by atoms with Gasteiger partial charge in [-0.1, -0.05) is 0 Å². The monoisotopic (exact) mass is 152 g/mol. The van der Waals surface area contributed by atoms with Gasteiger partial charge in [0.25, 0.3) is 0 Å². The Labute approximate surface area is 63.4 Å². The van der Waals surface area contributed by atoms with Crippen LogP contribution in [0.25, 0.3) is 0 Å². The van der Waals surface area contributed by atoms with Crippen LogP contribution in [-0.4, -0.2) is 16.9 Å². The summed E-state index contributed by atoms with van der Waals surface area (Å²) in [6, 6.07) is 0. The molecular formula is C8H8O3. The van der Waals surface area contributed by atoms with Crippen molar-refractivity contribution in [3.63, 3.8) is 0 Å². The fourth-order valence-electron chi connectivity index (χ4n) is 3.18. The largest absolute Gasteiger partial charge is 0.481 e. The Morgan fingerprint density at radius 2 is 2.27 bits per heavy atom. The van der Waals surface area contributed by atoms with E-state index in [1.807, 2.05) is 0 Å². The molecule has 5 atom stereocenters. The predicted octanol–water partition coefficient (Wildman–Crippen LogP) is 0.152. The van der Waals surface area contributed by atoms with Crippen LogP contribution < -0.4 is 0 Å². The molecule has 4 fully saturated rings. The summed E-state index contributed by atoms with van der Waals surface area (Å²) in [4.78, 5) is 21.9. The lowest BCUT2D eigenvalue weighted by molar-refractivity contribution is -0.144. The van der Waals surface area contributed by atoms with E-state index in [2.05, 4.69) is 0 Å². The van der Waals surface area contributed by atoms with E-state index >= 15 is 0 Å². The minimum atomic E-state index is -0.754. The maximum absolute atomic E-state index is 11.2. The molecule has 4 aliphatic rings. The van der Waals surface area contributed by atoms with Crippen molar-refractivity contribution in [2.45, 2.75) is 6.42 Å². The molecule has 4 bridgehead atoms. The third-order valence-corrected chi connectivity index (χ3v) is 3.58. The molecule has 11 heavy (non-hydrogen) atoms. The number of carbonyl (C=O) groups excluding carboxylic acids is 1. The lowest BCUT2D eigenvalue weighted by Gasteiger charge is -2.05. The van der Waals surface area contributed by atoms with Gasteiger partial charge in [-0.15, -0.1) is 0 Å². The summed E-state index contributed by atoms with van der Waals surface area (Å²) in [7, 11) is 0. The molecule has 0 spiro atoms. The Morgan fingerprint density at radius 1 is 1.55 bits per heavy atom. The lowest BCUT2D eigenvalue weighted by atomic mass is 9.98. The maximum Gasteiger partial charge on any atom is 0.307 e. The summed E-state index contributed by atoms with van der Waals surface area (Å²) in [5.41, 5.74) is 0. The van der Waals surface area contributed by atoms with Crippen LogP contribution >= 0.6 is 0 Å². The van der Waals surface area contributed by atoms with Gasteiger partial charge in [-0.25, -0.2) is 0 Å². The van der Waals surface area contributed by atoms with E-state index in [1.165, 1.54) is 0 Å². The van der Waals surface area contributed by atoms with Gasteiger partial charge in [0.05, 0.1) is 5.92 Å². The van der Waals surface area contributed by atoms with Gasteiger partial charge in [0.15, 0.2) is 0 Å². The number of aliphatic carboxylic acids is 1. The molecule has 4 aliphatic carbocycles. The Bertz CT molecular complexity index is 271. The van der Waals surface area contributed by atoms with E-state index in [-0.39, 0.29) is 29.5 Å². The van der Waals surface area contributed by atoms with Crippen LogP contribution in [0.1, 0.15) is 6.42 Å². The van der Waals surface area contributed by atoms with Crippen LogP contribution in [0.3, 0.4) is 0 Å². The van der Waals surface area contributed by atoms with Crippen molar-refractivity contribution in [1.82, 2.24) is 0 Å². The van der Waals surface area contributed by atoms with Crippen molar-refractivity contribution in [3.8, 4) is 0 Å². The molecule has 1 N–H and O–H groups in total. The highest BCUT2D eigenvalue weighted by atomic mass is 16.4. The summed E-state index contributed by atoms with van der Waals surface area (Å²) in [6.45, 7) is 0. The van der Waals surface area contributed by atoms with E-state index in [4.69, 9.17) is 5.11 Å². The van der Waals surface area contributed by atoms with Crippen molar-refractivity contribution in [1.29, 1.82) is 0 Å². The van der Waals surface area contributed by atoms with E-state index in [0.29, 0.717) is 5.92 Å². The molecule has 0 aromatic heterocycles. The second kappa shape index (κ2) is 1.36. The molecule has 0 radical (unpaired) electrons. The van der Waals surface area contributed by atoms with Crippen LogP contribution in [-0.2, 0) is 9.59 Å². The zero-order valence-corrected chi connectivity index (χ0v) is 5.86. The number of carboxylic acids is 1. The molecule has 0 aliphatic heterocycles. The van der Waals surface area contributed by atoms with Gasteiger partial charge in [-0.3, -0.25) is 9.59 Å². The van der Waals surface area contributed by atoms with Gasteiger partial charge in [-0.05, 0) is 18.3 Å². The van der Waals surface area contributed by atoms with E-state index in [1.54, 1.807) is 0 Å². The summed E-state index contributed by atoms with van der Waals surface area (Å²) >= 11 is 0. The van der Waals surface area contributed by atoms with Crippen LogP contribution in [0.2, 0.25) is 0 Å². The Morgan fingerprint density at radius 3 is 2.45 bits per heavy atom. The Balaban J connectivity index is 2.03. The third-order valence-electron chi connectivity index (χ3n) is 3.58. The van der Waals surface area contributed by atoms with Gasteiger partial charge in [-0.2, -0.15) is 0 Å². The van der Waals surface area contributed by atoms with E-state index in [9.17, 15) is 9.59 Å². The smallest absolute Gasteiger partial charge is 0.307 e. The zero-order valence-electron chi connectivity index (χ0n) is 5.86. The summed E-state index contributed by atoms with van der Waals surface area (Å²) < 4.78 is 0. The fourth-order valence-corrected chi connectivity index (χ4v) is 3.18. The average Bonchev–Trinajstić information content (AvgIpc) is 2.33. The molecule has 0 heterocycles. The minimum absolute atomic E-state index is 0.104. The van der Waals surface area contributed by atoms with Crippen LogP contribution in [0, 0.1) is 29.6 Å². The molecule has 4 rings (SSSR count). The summed E-state index contributed by atoms with van der Waals surface area (Å²) in [5, 5.41) is 8.77. The van der Waals surface area contributed by atoms with Crippen molar-refractivity contribution in [2.75, 3.05) is 0 Å². The van der Waals surface area contributed by atoms with E-state index in [0.717, 1.165) is 6.42 Å². The number of hydrogen-bond donors (Lipinski definition) is 1. The van der Waals surface area contributed by atoms with Gasteiger partial charge in [0, 0.05) is 11.8 Å². The quantitative estimate of drug-likeness (QED) is 0.582. The summed E-state index contributed by atoms with van der Waals surface area (Å²) in [6.07, 6.45) is 0.866. The number of ketones is 1. The van der Waals surface area contributed by atoms with Crippen molar-refractivity contribution in [2.24, 2.45) is 29.6 Å². The first-order valence-electron chi connectivity index (χ1n) is 3.98. The Hall–Kier alpha value is -0.860. The number of carbonyl (C=O) groups is 2. The molecule has 3 heteroatoms. The predicted molar refractivity (Wildman–Crippen MR) is 34.7 cm³/mol. The molecular weight excluding hydrogens is 144 g/mol. The highest BCUT2D eigenvalue weighted by Gasteiger charge is 2.75. The third kappa shape index (κ3) is 0.424. The van der Waals surface area contributed by atoms with E-state index < -0.39 is 5.97 Å². The van der Waals surface area contributed by atoms with Crippen LogP contribution in [0.15, 0.2) is 0 Å². The van der Waals surface area contributed by atoms with Crippen LogP contribution in [0.5, 0.6) is 0 Å². The standard InChI is InChI=1S/C8H8O3/c9-7-3-1-2-4(5(2)7)6(3)8(10)11/h2-6H,1H2,(H,10,11)/t2-,3+,4+,5-,6-/m0/s1. The molecule has 0 amide bonds. The lowest BCUT2D eigenvalue weighted by Crippen LogP contribution is -2.19. The maximum atomic E-state index is 11.2. The number of carboxylic acid groups (broad SMARTS) is 1. The zero-order chi connectivity index (χ0) is 7.75. The molecule has 0 saturated heterocycles. The molecule has 4 saturated carbocycles. The topological polar surface area (TPSA) is 54.4 Å². The molecule has 0 aromatic carbocycles. The average molecular weight is 152 g/mol. The highest BCUT2D eigenvalue weighted by molar-refractivity contribution is 5.98. The normalized spacial score (nSPS) is 56.7. The number of Topliss-reactive ketones (excluding diaryl/α,β-unsaturated/α-hetero) is 1. The highest BCUT2D eigenvalue weighted by Crippen LogP contribution is 2.71. The Kier molecular flexibility index (Phi) is 0.708. The SMILES string of the molecule is O=C(O)[C@@H]1[C@@H]2[C@@H]3C[C@H]1C(=O)[C@@H]32. The molecule has 0 aromatic rings. The van der Waals surface area contributed by atoms with Crippen LogP contribution in [0.4, 0.5) is 0 Å². The second-order valence-corrected chi connectivity index (χ2v) is 3.88. The molecule has 3 nitrogen and oxygen atoms in total. The number of rotatable bonds is 1. The first-order chi connectivity index (χ1) is 5.22. The first-order valence-corrected chi connectivity index (χ1v) is 3.98. The second-order valence-electron chi connectivity index (χ2n) is 3.88. The van der Waals surface area contributed by atoms with Gasteiger partial charge < -0.3 is 5.11 Å². The molecule has 58 valence electrons. The van der Waals surface area contributed by atoms with Gasteiger partial charge in [0.2, 0.25) is 0 Å². The summed E-state index contributed by atoms with van der Waals surface area (Å²) in [5.74, 6) is -0.0482.